The second-order valence-corrected chi connectivity index (χ2v) is 2.66. The van der Waals surface area contributed by atoms with Crippen molar-refractivity contribution in [2.24, 2.45) is 5.73 Å². The molecule has 5 N–H and O–H groups in total. The maximum atomic E-state index is 10.9. The maximum Gasteiger partial charge on any atom is 0.337 e. The summed E-state index contributed by atoms with van der Waals surface area (Å²) in [5.74, 6) is -1.30. The number of rotatable bonds is 2. The Balaban J connectivity index is 0.000000921. The number of carbonyl (C=O) groups is 2. The van der Waals surface area contributed by atoms with Gasteiger partial charge >= 0.3 is 5.97 Å². The molecule has 0 bridgehead atoms. The molecule has 0 fully saturated rings. The molecule has 0 atom stereocenters. The Morgan fingerprint density at radius 1 is 1.27 bits per heavy atom. The van der Waals surface area contributed by atoms with Crippen LogP contribution in [0, 0.1) is 0 Å². The summed E-state index contributed by atoms with van der Waals surface area (Å²) < 4.78 is 0. The highest BCUT2D eigenvalue weighted by Crippen LogP contribution is 2.14. The van der Waals surface area contributed by atoms with Gasteiger partial charge in [-0.3, -0.25) is 4.79 Å². The van der Waals surface area contributed by atoms with E-state index in [1.807, 2.05) is 0 Å². The Kier molecular flexibility index (Phi) is 5.04. The molecule has 1 aromatic carbocycles. The van der Waals surface area contributed by atoms with Crippen molar-refractivity contribution in [2.45, 2.75) is 6.92 Å². The van der Waals surface area contributed by atoms with Gasteiger partial charge in [0.1, 0.15) is 0 Å². The van der Waals surface area contributed by atoms with Crippen LogP contribution in [-0.2, 0) is 0 Å². The normalized spacial score (nSPS) is 8.73. The lowest BCUT2D eigenvalue weighted by Gasteiger charge is -2.01. The zero-order valence-electron chi connectivity index (χ0n) is 8.65. The molecule has 0 aliphatic carbocycles. The summed E-state index contributed by atoms with van der Waals surface area (Å²) in [5, 5.41) is 8.68. The first-order chi connectivity index (χ1) is 7.02. The molecule has 0 aliphatic heterocycles. The molecule has 0 saturated heterocycles. The lowest BCUT2D eigenvalue weighted by Crippen LogP contribution is -2.04. The van der Waals surface area contributed by atoms with Crippen molar-refractivity contribution >= 4 is 17.4 Å². The standard InChI is InChI=1S/C9H9NO3.CH5N/c1-5(11)6-2-3-8(10)7(4-6)9(12)13;1-2/h2-4H,10H2,1H3,(H,12,13);2H2,1H3. The predicted octanol–water partition coefficient (Wildman–Crippen LogP) is 0.745. The average Bonchev–Trinajstić information content (AvgIpc) is 2.20. The van der Waals surface area contributed by atoms with Crippen molar-refractivity contribution in [3.63, 3.8) is 0 Å². The number of nitrogen functional groups attached to an aromatic ring is 1. The van der Waals surface area contributed by atoms with E-state index < -0.39 is 5.97 Å². The third-order valence-corrected chi connectivity index (χ3v) is 1.69. The number of hydrogen-bond acceptors (Lipinski definition) is 4. The fourth-order valence-corrected chi connectivity index (χ4v) is 0.960. The van der Waals surface area contributed by atoms with Crippen molar-refractivity contribution < 1.29 is 14.7 Å². The van der Waals surface area contributed by atoms with E-state index in [9.17, 15) is 9.59 Å². The fourth-order valence-electron chi connectivity index (χ4n) is 0.960. The molecule has 0 aliphatic rings. The van der Waals surface area contributed by atoms with Gasteiger partial charge in [-0.15, -0.1) is 0 Å². The van der Waals surface area contributed by atoms with Crippen LogP contribution in [0.5, 0.6) is 0 Å². The molecular formula is C10H14N2O3. The maximum absolute atomic E-state index is 10.9. The largest absolute Gasteiger partial charge is 0.478 e. The average molecular weight is 210 g/mol. The van der Waals surface area contributed by atoms with Gasteiger partial charge in [-0.1, -0.05) is 0 Å². The number of Topliss-reactive ketones (excluding diaryl/α,β-unsaturated/α-hetero) is 1. The van der Waals surface area contributed by atoms with Gasteiger partial charge in [-0.05, 0) is 32.2 Å². The highest BCUT2D eigenvalue weighted by molar-refractivity contribution is 6.00. The predicted molar refractivity (Wildman–Crippen MR) is 57.9 cm³/mol. The van der Waals surface area contributed by atoms with Crippen LogP contribution in [0.1, 0.15) is 27.6 Å². The van der Waals surface area contributed by atoms with Gasteiger partial charge in [0, 0.05) is 11.3 Å². The molecule has 0 amide bonds. The highest BCUT2D eigenvalue weighted by Gasteiger charge is 2.09. The molecule has 82 valence electrons. The van der Waals surface area contributed by atoms with Gasteiger partial charge < -0.3 is 16.6 Å². The van der Waals surface area contributed by atoms with E-state index in [2.05, 4.69) is 5.73 Å². The molecule has 15 heavy (non-hydrogen) atoms. The van der Waals surface area contributed by atoms with Gasteiger partial charge in [0.25, 0.3) is 0 Å². The summed E-state index contributed by atoms with van der Waals surface area (Å²) >= 11 is 0. The van der Waals surface area contributed by atoms with Crippen LogP contribution >= 0.6 is 0 Å². The number of carboxylic acids is 1. The van der Waals surface area contributed by atoms with E-state index in [1.54, 1.807) is 0 Å². The first kappa shape index (κ1) is 13.1. The third-order valence-electron chi connectivity index (χ3n) is 1.69. The Morgan fingerprint density at radius 2 is 1.80 bits per heavy atom. The molecule has 1 aromatic rings. The minimum absolute atomic E-state index is 0.0345. The van der Waals surface area contributed by atoms with Gasteiger partial charge in [0.05, 0.1) is 5.56 Å². The van der Waals surface area contributed by atoms with Crippen molar-refractivity contribution in [3.8, 4) is 0 Å². The van der Waals surface area contributed by atoms with E-state index in [4.69, 9.17) is 10.8 Å². The Bertz CT molecular complexity index is 375. The molecule has 0 radical (unpaired) electrons. The first-order valence-electron chi connectivity index (χ1n) is 4.24. The molecule has 0 saturated carbocycles. The molecular weight excluding hydrogens is 196 g/mol. The molecule has 0 spiro atoms. The Hall–Kier alpha value is -1.88. The van der Waals surface area contributed by atoms with Crippen LogP contribution in [0.4, 0.5) is 5.69 Å². The van der Waals surface area contributed by atoms with E-state index >= 15 is 0 Å². The molecule has 0 heterocycles. The van der Waals surface area contributed by atoms with Gasteiger partial charge in [0.2, 0.25) is 0 Å². The molecule has 5 nitrogen and oxygen atoms in total. The monoisotopic (exact) mass is 210 g/mol. The highest BCUT2D eigenvalue weighted by atomic mass is 16.4. The Labute approximate surface area is 87.7 Å². The minimum atomic E-state index is -1.12. The smallest absolute Gasteiger partial charge is 0.337 e. The van der Waals surface area contributed by atoms with Gasteiger partial charge in [-0.25, -0.2) is 4.79 Å². The molecule has 0 unspecified atom stereocenters. The summed E-state index contributed by atoms with van der Waals surface area (Å²) in [5.41, 5.74) is 10.4. The zero-order valence-corrected chi connectivity index (χ0v) is 8.65. The van der Waals surface area contributed by atoms with Crippen LogP contribution < -0.4 is 11.5 Å². The second kappa shape index (κ2) is 5.77. The quantitative estimate of drug-likeness (QED) is 0.493. The van der Waals surface area contributed by atoms with Gasteiger partial charge in [0.15, 0.2) is 5.78 Å². The number of hydrogen-bond donors (Lipinski definition) is 3. The summed E-state index contributed by atoms with van der Waals surface area (Å²) in [6.45, 7) is 1.37. The van der Waals surface area contributed by atoms with Crippen molar-refractivity contribution in [2.75, 3.05) is 12.8 Å². The number of ketones is 1. The number of aromatic carboxylic acids is 1. The lowest BCUT2D eigenvalue weighted by molar-refractivity contribution is 0.0698. The number of anilines is 1. The number of nitrogens with two attached hydrogens (primary N) is 2. The van der Waals surface area contributed by atoms with Crippen LogP contribution in [0.2, 0.25) is 0 Å². The number of carboxylic acid groups (broad SMARTS) is 1. The van der Waals surface area contributed by atoms with Crippen molar-refractivity contribution in [3.05, 3.63) is 29.3 Å². The molecule has 1 rings (SSSR count). The van der Waals surface area contributed by atoms with Crippen molar-refractivity contribution in [1.29, 1.82) is 0 Å². The van der Waals surface area contributed by atoms with E-state index in [0.717, 1.165) is 0 Å². The Morgan fingerprint density at radius 3 is 2.20 bits per heavy atom. The van der Waals surface area contributed by atoms with Gasteiger partial charge in [-0.2, -0.15) is 0 Å². The van der Waals surface area contributed by atoms with Crippen LogP contribution in [-0.4, -0.2) is 23.9 Å². The third kappa shape index (κ3) is 3.40. The fraction of sp³-hybridized carbons (Fsp3) is 0.200. The SMILES string of the molecule is CC(=O)c1ccc(N)c(C(=O)O)c1.CN. The minimum Gasteiger partial charge on any atom is -0.478 e. The molecule has 5 heteroatoms. The van der Waals surface area contributed by atoms with Crippen LogP contribution in [0.25, 0.3) is 0 Å². The van der Waals surface area contributed by atoms with Crippen molar-refractivity contribution in [1.82, 2.24) is 0 Å². The van der Waals surface area contributed by atoms with Crippen LogP contribution in [0.3, 0.4) is 0 Å². The summed E-state index contributed by atoms with van der Waals surface area (Å²) in [7, 11) is 1.50. The first-order valence-corrected chi connectivity index (χ1v) is 4.24. The second-order valence-electron chi connectivity index (χ2n) is 2.66. The molecule has 0 aromatic heterocycles. The summed E-state index contributed by atoms with van der Waals surface area (Å²) in [6.07, 6.45) is 0. The topological polar surface area (TPSA) is 106 Å². The van der Waals surface area contributed by atoms with Crippen LogP contribution in [0.15, 0.2) is 18.2 Å². The zero-order chi connectivity index (χ0) is 12.0. The van der Waals surface area contributed by atoms with E-state index in [0.29, 0.717) is 5.56 Å². The van der Waals surface area contributed by atoms with E-state index in [1.165, 1.54) is 32.2 Å². The number of benzene rings is 1. The number of carbonyl (C=O) groups excluding carboxylic acids is 1. The summed E-state index contributed by atoms with van der Waals surface area (Å²) in [4.78, 5) is 21.5. The van der Waals surface area contributed by atoms with E-state index in [-0.39, 0.29) is 17.0 Å². The summed E-state index contributed by atoms with van der Waals surface area (Å²) in [6, 6.07) is 4.20. The lowest BCUT2D eigenvalue weighted by atomic mass is 10.1.